The van der Waals surface area contributed by atoms with E-state index in [4.69, 9.17) is 28.1 Å². The molecule has 2 N–H and O–H groups in total. The van der Waals surface area contributed by atoms with E-state index < -0.39 is 26.2 Å². The lowest BCUT2D eigenvalue weighted by Crippen LogP contribution is -2.48. The second-order valence-electron chi connectivity index (χ2n) is 13.6. The lowest BCUT2D eigenvalue weighted by atomic mass is 10.0. The highest BCUT2D eigenvalue weighted by Crippen LogP contribution is 2.43. The van der Waals surface area contributed by atoms with Gasteiger partial charge in [0.15, 0.2) is 31.4 Å². The van der Waals surface area contributed by atoms with Crippen LogP contribution < -0.4 is 5.73 Å². The van der Waals surface area contributed by atoms with Gasteiger partial charge in [0.05, 0.1) is 26.2 Å². The van der Waals surface area contributed by atoms with Crippen molar-refractivity contribution >= 4 is 26.0 Å². The Hall–Kier alpha value is -3.62. The summed E-state index contributed by atoms with van der Waals surface area (Å²) in [5.74, 6) is -0.372. The number of hydrogen-bond acceptors (Lipinski definition) is 13. The molecule has 3 aromatic rings. The molecular weight excluding hydrogens is 661 g/mol. The third-order valence-electron chi connectivity index (χ3n) is 9.08. The number of aromatic nitrogens is 3. The lowest BCUT2D eigenvalue weighted by Gasteiger charge is -2.42. The summed E-state index contributed by atoms with van der Waals surface area (Å²) in [5.41, 5.74) is 7.30. The highest BCUT2D eigenvalue weighted by Gasteiger charge is 2.45. The fourth-order valence-corrected chi connectivity index (χ4v) is 11.8. The first-order chi connectivity index (χ1) is 23.7. The first kappa shape index (κ1) is 42.5. The zero-order valence-corrected chi connectivity index (χ0v) is 32.7. The maximum Gasteiger partial charge on any atom is 0.360 e. The molecular formula is C36H58N4O9Si. The number of carbonyl (C=O) groups excluding carboxylic acids is 3. The summed E-state index contributed by atoms with van der Waals surface area (Å²) < 4.78 is 32.4. The Kier molecular flexibility index (Phi) is 17.3. The highest BCUT2D eigenvalue weighted by atomic mass is 28.4. The minimum absolute atomic E-state index is 0.0691. The Morgan fingerprint density at radius 2 is 1.22 bits per heavy atom. The van der Waals surface area contributed by atoms with Gasteiger partial charge in [-0.05, 0) is 29.5 Å². The van der Waals surface area contributed by atoms with Crippen molar-refractivity contribution in [1.29, 1.82) is 0 Å². The molecule has 13 nitrogen and oxygen atoms in total. The van der Waals surface area contributed by atoms with E-state index >= 15 is 0 Å². The highest BCUT2D eigenvalue weighted by molar-refractivity contribution is 6.77. The Morgan fingerprint density at radius 3 is 1.72 bits per heavy atom. The number of unbranched alkanes of at least 4 members (excludes halogenated alkanes) is 2. The third-order valence-corrected chi connectivity index (χ3v) is 15.2. The summed E-state index contributed by atoms with van der Waals surface area (Å²) in [5, 5.41) is 0. The van der Waals surface area contributed by atoms with Crippen LogP contribution in [0.5, 0.6) is 0 Å². The number of carbonyl (C=O) groups is 3. The molecule has 3 rings (SSSR count). The van der Waals surface area contributed by atoms with Crippen LogP contribution >= 0.6 is 0 Å². The van der Waals surface area contributed by atoms with Crippen molar-refractivity contribution in [1.82, 2.24) is 15.0 Å². The molecule has 0 radical (unpaired) electrons. The number of methoxy groups -OCH3 is 2. The van der Waals surface area contributed by atoms with Gasteiger partial charge in [-0.2, -0.15) is 0 Å². The molecule has 0 fully saturated rings. The summed E-state index contributed by atoms with van der Waals surface area (Å²) in [4.78, 5) is 49.0. The molecule has 0 saturated heterocycles. The predicted octanol–water partition coefficient (Wildman–Crippen LogP) is 8.55. The summed E-state index contributed by atoms with van der Waals surface area (Å²) in [6, 6.07) is -0.265. The summed E-state index contributed by atoms with van der Waals surface area (Å²) in [7, 11) is 0.371. The van der Waals surface area contributed by atoms with Crippen LogP contribution in [-0.4, -0.2) is 61.8 Å². The number of oxazole rings is 3. The van der Waals surface area contributed by atoms with Crippen LogP contribution in [-0.2, 0) is 13.9 Å². The van der Waals surface area contributed by atoms with Gasteiger partial charge in [0.2, 0.25) is 11.8 Å². The number of rotatable bonds is 19. The first-order valence-electron chi connectivity index (χ1n) is 17.6. The largest absolute Gasteiger partial charge is 0.464 e. The van der Waals surface area contributed by atoms with Crippen LogP contribution in [0.25, 0.3) is 0 Å². The van der Waals surface area contributed by atoms with Gasteiger partial charge in [0, 0.05) is 18.9 Å². The van der Waals surface area contributed by atoms with E-state index in [2.05, 4.69) is 75.1 Å². The maximum absolute atomic E-state index is 13.3. The summed E-state index contributed by atoms with van der Waals surface area (Å²) in [6.07, 6.45) is 9.13. The van der Waals surface area contributed by atoms with Crippen molar-refractivity contribution in [2.75, 3.05) is 20.8 Å². The molecule has 3 unspecified atom stereocenters. The normalized spacial score (nSPS) is 13.6. The molecule has 3 atom stereocenters. The van der Waals surface area contributed by atoms with Gasteiger partial charge in [-0.25, -0.2) is 24.5 Å². The zero-order chi connectivity index (χ0) is 37.6. The van der Waals surface area contributed by atoms with E-state index in [1.165, 1.54) is 33.0 Å². The third kappa shape index (κ3) is 11.2. The quantitative estimate of drug-likeness (QED) is 0.0539. The Morgan fingerprint density at radius 1 is 0.740 bits per heavy atom. The summed E-state index contributed by atoms with van der Waals surface area (Å²) >= 11 is 0. The Labute approximate surface area is 297 Å². The molecule has 0 spiro atoms. The van der Waals surface area contributed by atoms with Crippen molar-refractivity contribution in [2.45, 2.75) is 135 Å². The molecule has 3 heterocycles. The number of nitrogens with zero attached hydrogens (tertiary/aromatic N) is 3. The van der Waals surface area contributed by atoms with Crippen LogP contribution in [0.2, 0.25) is 16.6 Å². The molecule has 0 bridgehead atoms. The van der Waals surface area contributed by atoms with Crippen LogP contribution in [0.3, 0.4) is 0 Å². The molecule has 0 aliphatic heterocycles. The Bertz CT molecular complexity index is 1460. The van der Waals surface area contributed by atoms with Crippen molar-refractivity contribution in [3.63, 3.8) is 0 Å². The molecule has 0 amide bonds. The molecule has 0 aliphatic rings. The fraction of sp³-hybridized carbons (Fsp3) is 0.667. The van der Waals surface area contributed by atoms with Gasteiger partial charge in [0.25, 0.3) is 0 Å². The van der Waals surface area contributed by atoms with Gasteiger partial charge >= 0.3 is 11.9 Å². The van der Waals surface area contributed by atoms with Crippen LogP contribution in [0.15, 0.2) is 32.0 Å². The molecule has 0 aliphatic carbocycles. The number of ketones is 1. The zero-order valence-electron chi connectivity index (χ0n) is 31.7. The van der Waals surface area contributed by atoms with Gasteiger partial charge < -0.3 is 32.9 Å². The average Bonchev–Trinajstić information content (AvgIpc) is 3.88. The van der Waals surface area contributed by atoms with Crippen LogP contribution in [0.4, 0.5) is 0 Å². The monoisotopic (exact) mass is 718 g/mol. The lowest BCUT2D eigenvalue weighted by molar-refractivity contribution is 0.0585. The van der Waals surface area contributed by atoms with E-state index in [-0.39, 0.29) is 48.0 Å². The average molecular weight is 719 g/mol. The number of hydrogen-bond donors (Lipinski definition) is 1. The number of ether oxygens (including phenoxy) is 2. The molecule has 0 saturated carbocycles. The van der Waals surface area contributed by atoms with E-state index in [1.807, 2.05) is 6.92 Å². The molecule has 3 aromatic heterocycles. The fourth-order valence-electron chi connectivity index (χ4n) is 6.26. The van der Waals surface area contributed by atoms with Gasteiger partial charge in [-0.1, -0.05) is 81.6 Å². The molecule has 14 heteroatoms. The maximum atomic E-state index is 13.3. The minimum Gasteiger partial charge on any atom is -0.464 e. The van der Waals surface area contributed by atoms with Crippen molar-refractivity contribution in [3.05, 3.63) is 53.5 Å². The minimum atomic E-state index is -2.21. The van der Waals surface area contributed by atoms with E-state index in [1.54, 1.807) is 0 Å². The van der Waals surface area contributed by atoms with Gasteiger partial charge in [-0.15, -0.1) is 0 Å². The predicted molar refractivity (Wildman–Crippen MR) is 191 cm³/mol. The number of esters is 2. The Balaban J connectivity index is 0.000000557. The van der Waals surface area contributed by atoms with E-state index in [9.17, 15) is 14.4 Å². The molecule has 280 valence electrons. The molecule has 50 heavy (non-hydrogen) atoms. The number of Topliss-reactive ketones (excluding diaryl/α,β-unsaturated/α-hetero) is 1. The van der Waals surface area contributed by atoms with Crippen molar-refractivity contribution < 1.29 is 41.5 Å². The van der Waals surface area contributed by atoms with Crippen LogP contribution in [0, 0.1) is 0 Å². The standard InChI is InChI=1S/C28H46N2O6Si.C8H12N2O3/c1-10-11-12-13-21(8)26-29-23(16-34-26)25(31)14-22(27-30-24(17-35-27)28(32)33-9)15-36-37(18(2)3,19(4)5)20(6)7;1-3-5(9)7-10-6(4-13-7)8(11)12-2/h16-22H,10-15H2,1-9H3;4-5H,3,9H2,1-2H3. The first-order valence-corrected chi connectivity index (χ1v) is 19.8. The second kappa shape index (κ2) is 20.3. The smallest absolute Gasteiger partial charge is 0.360 e. The van der Waals surface area contributed by atoms with E-state index in [0.29, 0.717) is 40.5 Å². The second-order valence-corrected chi connectivity index (χ2v) is 19.0. The molecule has 0 aromatic carbocycles. The van der Waals surface area contributed by atoms with Crippen LogP contribution in [0.1, 0.15) is 168 Å². The SMILES string of the molecule is CCC(N)c1nc(C(=O)OC)co1.CCCCCC(C)c1nc(C(=O)CC(CO[Si](C(C)C)(C(C)C)C(C)C)c2nc(C(=O)OC)co2)co1. The summed E-state index contributed by atoms with van der Waals surface area (Å²) in [6.45, 7) is 19.7. The van der Waals surface area contributed by atoms with E-state index in [0.717, 1.165) is 25.7 Å². The van der Waals surface area contributed by atoms with Crippen molar-refractivity contribution in [3.8, 4) is 0 Å². The van der Waals surface area contributed by atoms with Gasteiger partial charge in [-0.3, -0.25) is 4.79 Å². The van der Waals surface area contributed by atoms with Crippen molar-refractivity contribution in [2.24, 2.45) is 5.73 Å². The topological polar surface area (TPSA) is 183 Å². The number of nitrogens with two attached hydrogens (primary N) is 1. The van der Waals surface area contributed by atoms with Gasteiger partial charge in [0.1, 0.15) is 24.5 Å².